The monoisotopic (exact) mass is 414 g/mol. The lowest BCUT2D eigenvalue weighted by Gasteiger charge is -2.30. The average Bonchev–Trinajstić information content (AvgIpc) is 2.72. The van der Waals surface area contributed by atoms with E-state index >= 15 is 0 Å². The Labute approximate surface area is 178 Å². The Hall–Kier alpha value is -2.89. The number of carbonyl (C=O) groups excluding carboxylic acids is 2. The van der Waals surface area contributed by atoms with E-state index in [-0.39, 0.29) is 30.8 Å². The minimum absolute atomic E-state index is 0.182. The van der Waals surface area contributed by atoms with Crippen molar-refractivity contribution in [1.82, 2.24) is 10.2 Å². The van der Waals surface area contributed by atoms with Gasteiger partial charge in [-0.2, -0.15) is 0 Å². The summed E-state index contributed by atoms with van der Waals surface area (Å²) in [7, 11) is 0. The molecule has 2 amide bonds. The Kier molecular flexibility index (Phi) is 8.84. The predicted molar refractivity (Wildman–Crippen MR) is 116 cm³/mol. The fourth-order valence-electron chi connectivity index (χ4n) is 2.99. The summed E-state index contributed by atoms with van der Waals surface area (Å²) in [6.45, 7) is 8.42. The molecular weight excluding hydrogens is 383 g/mol. The van der Waals surface area contributed by atoms with Crippen LogP contribution in [0.1, 0.15) is 38.3 Å². The lowest BCUT2D eigenvalue weighted by molar-refractivity contribution is -0.143. The van der Waals surface area contributed by atoms with Gasteiger partial charge in [0.1, 0.15) is 17.6 Å². The second-order valence-electron chi connectivity index (χ2n) is 7.81. The van der Waals surface area contributed by atoms with E-state index in [0.717, 1.165) is 11.1 Å². The molecule has 0 radical (unpaired) electrons. The number of aryl methyl sites for hydroxylation is 1. The first-order valence-electron chi connectivity index (χ1n) is 10.3. The maximum Gasteiger partial charge on any atom is 0.261 e. The van der Waals surface area contributed by atoms with Gasteiger partial charge in [0.25, 0.3) is 5.91 Å². The summed E-state index contributed by atoms with van der Waals surface area (Å²) in [5.74, 6) is 0.0510. The largest absolute Gasteiger partial charge is 0.484 e. The molecule has 0 unspecified atom stereocenters. The number of halogens is 1. The van der Waals surface area contributed by atoms with Crippen molar-refractivity contribution < 1.29 is 18.7 Å². The van der Waals surface area contributed by atoms with E-state index in [0.29, 0.717) is 24.6 Å². The summed E-state index contributed by atoms with van der Waals surface area (Å²) in [6, 6.07) is 12.7. The van der Waals surface area contributed by atoms with E-state index in [1.54, 1.807) is 24.3 Å². The number of hydrogen-bond acceptors (Lipinski definition) is 3. The zero-order valence-electron chi connectivity index (χ0n) is 18.2. The molecule has 0 aliphatic heterocycles. The summed E-state index contributed by atoms with van der Waals surface area (Å²) < 4.78 is 18.9. The molecule has 2 rings (SSSR count). The normalized spacial score (nSPS) is 11.8. The van der Waals surface area contributed by atoms with E-state index in [1.807, 2.05) is 39.8 Å². The molecule has 6 heteroatoms. The molecule has 0 saturated carbocycles. The Morgan fingerprint density at radius 1 is 1.07 bits per heavy atom. The standard InChI is InChI=1S/C24H31FN2O3/c1-5-22(24(29)26-14-17(2)3)27(15-19-8-10-20(25)11-9-19)23(28)16-30-21-12-6-18(4)7-13-21/h6-13,17,22H,5,14-16H2,1-4H3,(H,26,29)/t22-/m0/s1. The number of ether oxygens (including phenoxy) is 1. The molecule has 1 N–H and O–H groups in total. The van der Waals surface area contributed by atoms with Crippen LogP contribution in [0.3, 0.4) is 0 Å². The van der Waals surface area contributed by atoms with Crippen LogP contribution in [0.2, 0.25) is 0 Å². The van der Waals surface area contributed by atoms with Crippen LogP contribution >= 0.6 is 0 Å². The molecule has 1 atom stereocenters. The summed E-state index contributed by atoms with van der Waals surface area (Å²) in [5, 5.41) is 2.91. The highest BCUT2D eigenvalue weighted by Crippen LogP contribution is 2.15. The molecule has 30 heavy (non-hydrogen) atoms. The fraction of sp³-hybridized carbons (Fsp3) is 0.417. The fourth-order valence-corrected chi connectivity index (χ4v) is 2.99. The number of amides is 2. The maximum atomic E-state index is 13.3. The van der Waals surface area contributed by atoms with Gasteiger partial charge in [-0.3, -0.25) is 9.59 Å². The van der Waals surface area contributed by atoms with Gasteiger partial charge < -0.3 is 15.0 Å². The van der Waals surface area contributed by atoms with Gasteiger partial charge in [-0.15, -0.1) is 0 Å². The zero-order chi connectivity index (χ0) is 22.1. The first-order chi connectivity index (χ1) is 14.3. The summed E-state index contributed by atoms with van der Waals surface area (Å²) in [6.07, 6.45) is 0.460. The summed E-state index contributed by atoms with van der Waals surface area (Å²) in [4.78, 5) is 27.3. The Balaban J connectivity index is 2.17. The molecular formula is C24H31FN2O3. The van der Waals surface area contributed by atoms with Gasteiger partial charge in [0.05, 0.1) is 0 Å². The van der Waals surface area contributed by atoms with Crippen LogP contribution in [0.25, 0.3) is 0 Å². The van der Waals surface area contributed by atoms with Gasteiger partial charge in [-0.1, -0.05) is 50.6 Å². The highest BCUT2D eigenvalue weighted by atomic mass is 19.1. The second kappa shape index (κ2) is 11.3. The number of rotatable bonds is 10. The van der Waals surface area contributed by atoms with E-state index < -0.39 is 6.04 Å². The summed E-state index contributed by atoms with van der Waals surface area (Å²) >= 11 is 0. The minimum atomic E-state index is -0.636. The molecule has 0 aliphatic carbocycles. The minimum Gasteiger partial charge on any atom is -0.484 e. The lowest BCUT2D eigenvalue weighted by atomic mass is 10.1. The molecule has 0 saturated heterocycles. The van der Waals surface area contributed by atoms with Gasteiger partial charge in [0.15, 0.2) is 6.61 Å². The Morgan fingerprint density at radius 3 is 2.27 bits per heavy atom. The maximum absolute atomic E-state index is 13.3. The van der Waals surface area contributed by atoms with Crippen LogP contribution in [0.5, 0.6) is 5.75 Å². The first-order valence-corrected chi connectivity index (χ1v) is 10.3. The van der Waals surface area contributed by atoms with Crippen LogP contribution in [-0.2, 0) is 16.1 Å². The average molecular weight is 415 g/mol. The van der Waals surface area contributed by atoms with Crippen LogP contribution < -0.4 is 10.1 Å². The van der Waals surface area contributed by atoms with Gasteiger partial charge in [0.2, 0.25) is 5.91 Å². The molecule has 0 heterocycles. The number of benzene rings is 2. The molecule has 0 bridgehead atoms. The molecule has 0 aliphatic rings. The predicted octanol–water partition coefficient (Wildman–Crippen LogP) is 4.09. The first kappa shape index (κ1) is 23.4. The third kappa shape index (κ3) is 7.17. The van der Waals surface area contributed by atoms with Crippen molar-refractivity contribution in [3.63, 3.8) is 0 Å². The van der Waals surface area contributed by atoms with E-state index in [2.05, 4.69) is 5.32 Å². The molecule has 162 valence electrons. The second-order valence-corrected chi connectivity index (χ2v) is 7.81. The number of carbonyl (C=O) groups is 2. The quantitative estimate of drug-likeness (QED) is 0.637. The lowest BCUT2D eigenvalue weighted by Crippen LogP contribution is -2.50. The van der Waals surface area contributed by atoms with Gasteiger partial charge in [0, 0.05) is 13.1 Å². The highest BCUT2D eigenvalue weighted by molar-refractivity contribution is 5.88. The van der Waals surface area contributed by atoms with Crippen molar-refractivity contribution in [1.29, 1.82) is 0 Å². The Bertz CT molecular complexity index is 819. The highest BCUT2D eigenvalue weighted by Gasteiger charge is 2.29. The van der Waals surface area contributed by atoms with Crippen molar-refractivity contribution in [3.05, 3.63) is 65.5 Å². The number of nitrogens with one attached hydrogen (secondary N) is 1. The third-order valence-electron chi connectivity index (χ3n) is 4.72. The van der Waals surface area contributed by atoms with Gasteiger partial charge in [-0.25, -0.2) is 4.39 Å². The molecule has 2 aromatic carbocycles. The van der Waals surface area contributed by atoms with Gasteiger partial charge in [-0.05, 0) is 49.1 Å². The van der Waals surface area contributed by atoms with Crippen LogP contribution in [0, 0.1) is 18.7 Å². The van der Waals surface area contributed by atoms with Crippen molar-refractivity contribution >= 4 is 11.8 Å². The van der Waals surface area contributed by atoms with E-state index in [9.17, 15) is 14.0 Å². The molecule has 2 aromatic rings. The number of nitrogens with zero attached hydrogens (tertiary/aromatic N) is 1. The third-order valence-corrected chi connectivity index (χ3v) is 4.72. The van der Waals surface area contributed by atoms with E-state index in [1.165, 1.54) is 17.0 Å². The molecule has 0 spiro atoms. The smallest absolute Gasteiger partial charge is 0.261 e. The Morgan fingerprint density at radius 2 is 1.70 bits per heavy atom. The molecule has 0 aromatic heterocycles. The van der Waals surface area contributed by atoms with E-state index in [4.69, 9.17) is 4.74 Å². The summed E-state index contributed by atoms with van der Waals surface area (Å²) in [5.41, 5.74) is 1.84. The van der Waals surface area contributed by atoms with Gasteiger partial charge >= 0.3 is 0 Å². The van der Waals surface area contributed by atoms with Crippen molar-refractivity contribution in [2.24, 2.45) is 5.92 Å². The van der Waals surface area contributed by atoms with Crippen LogP contribution in [0.15, 0.2) is 48.5 Å². The SMILES string of the molecule is CC[C@@H](C(=O)NCC(C)C)N(Cc1ccc(F)cc1)C(=O)COc1ccc(C)cc1. The van der Waals surface area contributed by atoms with Crippen LogP contribution in [0.4, 0.5) is 4.39 Å². The zero-order valence-corrected chi connectivity index (χ0v) is 18.2. The van der Waals surface area contributed by atoms with Crippen molar-refractivity contribution in [3.8, 4) is 5.75 Å². The van der Waals surface area contributed by atoms with Crippen LogP contribution in [-0.4, -0.2) is 35.9 Å². The number of hydrogen-bond donors (Lipinski definition) is 1. The molecule has 0 fully saturated rings. The topological polar surface area (TPSA) is 58.6 Å². The molecule has 5 nitrogen and oxygen atoms in total. The van der Waals surface area contributed by atoms with Crippen molar-refractivity contribution in [2.45, 2.75) is 46.7 Å². The van der Waals surface area contributed by atoms with Crippen molar-refractivity contribution in [2.75, 3.05) is 13.2 Å².